The maximum absolute atomic E-state index is 11.4. The van der Waals surface area contributed by atoms with Gasteiger partial charge in [-0.05, 0) is 19.1 Å². The molecule has 0 radical (unpaired) electrons. The predicted octanol–water partition coefficient (Wildman–Crippen LogP) is 1.33. The molecule has 19 heavy (non-hydrogen) atoms. The summed E-state index contributed by atoms with van der Waals surface area (Å²) >= 11 is 0. The standard InChI is InChI=1S/C12H10N2O5/c1-2-19-12-9(10(15)11(12)16)13-7-3-5-8(6-4-7)14(17)18/h3-6,13H,2H2,1H3. The van der Waals surface area contributed by atoms with Gasteiger partial charge in [-0.15, -0.1) is 0 Å². The lowest BCUT2D eigenvalue weighted by atomic mass is 10.2. The Bertz CT molecular complexity index is 683. The number of ether oxygens (including phenoxy) is 1. The molecule has 0 heterocycles. The number of hydrogen-bond acceptors (Lipinski definition) is 6. The van der Waals surface area contributed by atoms with Crippen molar-refractivity contribution < 1.29 is 9.66 Å². The zero-order valence-electron chi connectivity index (χ0n) is 10.0. The van der Waals surface area contributed by atoms with E-state index in [1.807, 2.05) is 0 Å². The van der Waals surface area contributed by atoms with Crippen LogP contribution in [0.15, 0.2) is 33.9 Å². The molecule has 2 rings (SSSR count). The number of nitrogens with zero attached hydrogens (tertiary/aromatic N) is 1. The maximum Gasteiger partial charge on any atom is 0.272 e. The molecule has 0 fully saturated rings. The highest BCUT2D eigenvalue weighted by atomic mass is 16.6. The Hall–Kier alpha value is -2.70. The van der Waals surface area contributed by atoms with Gasteiger partial charge in [0, 0.05) is 17.8 Å². The van der Waals surface area contributed by atoms with Gasteiger partial charge in [-0.25, -0.2) is 0 Å². The number of anilines is 2. The molecule has 98 valence electrons. The molecule has 0 aromatic heterocycles. The number of nitro benzene ring substituents is 1. The highest BCUT2D eigenvalue weighted by molar-refractivity contribution is 5.70. The number of nitrogens with one attached hydrogen (secondary N) is 1. The lowest BCUT2D eigenvalue weighted by Gasteiger charge is -2.12. The molecule has 7 heteroatoms. The second-order valence-electron chi connectivity index (χ2n) is 3.72. The van der Waals surface area contributed by atoms with Gasteiger partial charge in [0.05, 0.1) is 11.5 Å². The minimum Gasteiger partial charge on any atom is -0.488 e. The van der Waals surface area contributed by atoms with E-state index in [1.165, 1.54) is 24.3 Å². The monoisotopic (exact) mass is 262 g/mol. The minimum absolute atomic E-state index is 0.00542. The molecule has 0 unspecified atom stereocenters. The van der Waals surface area contributed by atoms with Crippen LogP contribution >= 0.6 is 0 Å². The fraction of sp³-hybridized carbons (Fsp3) is 0.167. The summed E-state index contributed by atoms with van der Waals surface area (Å²) < 4.78 is 5.05. The van der Waals surface area contributed by atoms with Crippen molar-refractivity contribution in [3.63, 3.8) is 0 Å². The van der Waals surface area contributed by atoms with Crippen LogP contribution in [0.3, 0.4) is 0 Å². The summed E-state index contributed by atoms with van der Waals surface area (Å²) in [5.74, 6) is 0.00542. The van der Waals surface area contributed by atoms with Gasteiger partial charge in [-0.3, -0.25) is 19.7 Å². The number of non-ortho nitro benzene ring substituents is 1. The van der Waals surface area contributed by atoms with Crippen molar-refractivity contribution in [3.8, 4) is 5.75 Å². The van der Waals surface area contributed by atoms with E-state index in [4.69, 9.17) is 4.74 Å². The van der Waals surface area contributed by atoms with Crippen LogP contribution in [-0.2, 0) is 0 Å². The first-order valence-electron chi connectivity index (χ1n) is 5.52. The first kappa shape index (κ1) is 12.7. The number of nitro groups is 1. The van der Waals surface area contributed by atoms with Gasteiger partial charge in [-0.2, -0.15) is 0 Å². The highest BCUT2D eigenvalue weighted by Gasteiger charge is 2.22. The molecule has 2 aromatic carbocycles. The van der Waals surface area contributed by atoms with Gasteiger partial charge in [0.1, 0.15) is 5.69 Å². The van der Waals surface area contributed by atoms with Crippen LogP contribution in [0.5, 0.6) is 5.75 Å². The van der Waals surface area contributed by atoms with Gasteiger partial charge < -0.3 is 10.1 Å². The van der Waals surface area contributed by atoms with Crippen molar-refractivity contribution >= 4 is 17.1 Å². The molecule has 0 spiro atoms. The number of rotatable bonds is 5. The highest BCUT2D eigenvalue weighted by Crippen LogP contribution is 2.24. The summed E-state index contributed by atoms with van der Waals surface area (Å²) in [6.07, 6.45) is 0. The summed E-state index contributed by atoms with van der Waals surface area (Å²) in [6, 6.07) is 5.50. The Morgan fingerprint density at radius 1 is 1.21 bits per heavy atom. The second-order valence-corrected chi connectivity index (χ2v) is 3.72. The van der Waals surface area contributed by atoms with E-state index in [2.05, 4.69) is 5.32 Å². The van der Waals surface area contributed by atoms with Crippen LogP contribution in [0.2, 0.25) is 0 Å². The molecule has 0 bridgehead atoms. The second kappa shape index (κ2) is 4.89. The molecule has 0 aliphatic heterocycles. The van der Waals surface area contributed by atoms with Crippen molar-refractivity contribution in [1.29, 1.82) is 0 Å². The fourth-order valence-electron chi connectivity index (χ4n) is 1.58. The molecule has 0 amide bonds. The summed E-state index contributed by atoms with van der Waals surface area (Å²) in [6.45, 7) is 1.98. The summed E-state index contributed by atoms with van der Waals surface area (Å²) in [4.78, 5) is 32.6. The van der Waals surface area contributed by atoms with Crippen LogP contribution in [0.1, 0.15) is 6.92 Å². The van der Waals surface area contributed by atoms with Crippen molar-refractivity contribution in [2.24, 2.45) is 0 Å². The van der Waals surface area contributed by atoms with Crippen LogP contribution in [0.4, 0.5) is 17.1 Å². The van der Waals surface area contributed by atoms with Gasteiger partial charge >= 0.3 is 0 Å². The average molecular weight is 262 g/mol. The molecule has 7 nitrogen and oxygen atoms in total. The third-order valence-corrected chi connectivity index (χ3v) is 2.50. The number of benzene rings is 1. The van der Waals surface area contributed by atoms with Crippen LogP contribution in [-0.4, -0.2) is 11.5 Å². The van der Waals surface area contributed by atoms with Crippen molar-refractivity contribution in [3.05, 3.63) is 54.8 Å². The number of hydrogen-bond donors (Lipinski definition) is 1. The van der Waals surface area contributed by atoms with E-state index in [9.17, 15) is 19.7 Å². The third-order valence-electron chi connectivity index (χ3n) is 2.50. The molecular weight excluding hydrogens is 252 g/mol. The molecule has 0 aliphatic carbocycles. The first-order valence-corrected chi connectivity index (χ1v) is 5.52. The van der Waals surface area contributed by atoms with E-state index >= 15 is 0 Å². The molecule has 1 N–H and O–H groups in total. The Balaban J connectivity index is 2.22. The Labute approximate surface area is 107 Å². The molecule has 2 aromatic rings. The predicted molar refractivity (Wildman–Crippen MR) is 68.9 cm³/mol. The van der Waals surface area contributed by atoms with Gasteiger partial charge in [-0.1, -0.05) is 0 Å². The maximum atomic E-state index is 11.4. The minimum atomic E-state index is -0.661. The van der Waals surface area contributed by atoms with Gasteiger partial charge in [0.2, 0.25) is 0 Å². The molecule has 0 atom stereocenters. The van der Waals surface area contributed by atoms with Gasteiger partial charge in [0.15, 0.2) is 5.75 Å². The van der Waals surface area contributed by atoms with Crippen LogP contribution in [0, 0.1) is 10.1 Å². The normalized spacial score (nSPS) is 10.4. The molecule has 0 aliphatic rings. The molecular formula is C12H10N2O5. The summed E-state index contributed by atoms with van der Waals surface area (Å²) in [5.41, 5.74) is -0.812. The van der Waals surface area contributed by atoms with E-state index in [1.54, 1.807) is 6.92 Å². The largest absolute Gasteiger partial charge is 0.488 e. The Morgan fingerprint density at radius 2 is 1.84 bits per heavy atom. The van der Waals surface area contributed by atoms with Crippen LogP contribution in [0.25, 0.3) is 0 Å². The van der Waals surface area contributed by atoms with E-state index in [-0.39, 0.29) is 23.7 Å². The van der Waals surface area contributed by atoms with Crippen molar-refractivity contribution in [2.45, 2.75) is 6.92 Å². The smallest absolute Gasteiger partial charge is 0.272 e. The van der Waals surface area contributed by atoms with Crippen LogP contribution < -0.4 is 20.9 Å². The average Bonchev–Trinajstić information content (AvgIpc) is 2.42. The Morgan fingerprint density at radius 3 is 2.37 bits per heavy atom. The third kappa shape index (κ3) is 2.30. The Kier molecular flexibility index (Phi) is 3.28. The fourth-order valence-corrected chi connectivity index (χ4v) is 1.58. The summed E-state index contributed by atoms with van der Waals surface area (Å²) in [5, 5.41) is 13.2. The van der Waals surface area contributed by atoms with Gasteiger partial charge in [0.25, 0.3) is 16.5 Å². The van der Waals surface area contributed by atoms with Crippen molar-refractivity contribution in [2.75, 3.05) is 11.9 Å². The topological polar surface area (TPSA) is 98.5 Å². The quantitative estimate of drug-likeness (QED) is 0.496. The summed E-state index contributed by atoms with van der Waals surface area (Å²) in [7, 11) is 0. The molecule has 0 saturated heterocycles. The van der Waals surface area contributed by atoms with E-state index < -0.39 is 15.8 Å². The van der Waals surface area contributed by atoms with E-state index in [0.717, 1.165) is 0 Å². The molecule has 0 saturated carbocycles. The zero-order chi connectivity index (χ0) is 14.0. The first-order chi connectivity index (χ1) is 9.04. The lowest BCUT2D eigenvalue weighted by molar-refractivity contribution is -0.384. The SMILES string of the molecule is CCOc1c(Nc2ccc([N+](=O)[O-])cc2)c(=O)c1=O. The van der Waals surface area contributed by atoms with E-state index in [0.29, 0.717) is 5.69 Å². The van der Waals surface area contributed by atoms with Crippen molar-refractivity contribution in [1.82, 2.24) is 0 Å². The zero-order valence-corrected chi connectivity index (χ0v) is 10.0. The lowest BCUT2D eigenvalue weighted by Crippen LogP contribution is -2.35.